The molecule has 0 aromatic rings. The Hall–Kier alpha value is -0.0800. The fraction of sp³-hybridized carbons (Fsp3) is 1.00. The van der Waals surface area contributed by atoms with Crippen LogP contribution in [0.1, 0.15) is 25.7 Å². The normalized spacial score (nSPS) is 43.9. The van der Waals surface area contributed by atoms with Crippen LogP contribution >= 0.6 is 0 Å². The molecule has 0 radical (unpaired) electrons. The van der Waals surface area contributed by atoms with Crippen molar-refractivity contribution in [1.82, 2.24) is 10.6 Å². The summed E-state index contributed by atoms with van der Waals surface area (Å²) < 4.78 is 0. The highest BCUT2D eigenvalue weighted by Crippen LogP contribution is 2.52. The minimum Gasteiger partial charge on any atom is -0.317 e. The maximum Gasteiger partial charge on any atom is 0.0127 e. The van der Waals surface area contributed by atoms with Crippen LogP contribution in [0.25, 0.3) is 0 Å². The van der Waals surface area contributed by atoms with Crippen LogP contribution in [0.2, 0.25) is 0 Å². The Morgan fingerprint density at radius 3 is 3.00 bits per heavy atom. The van der Waals surface area contributed by atoms with Crippen molar-refractivity contribution in [2.45, 2.75) is 31.7 Å². The minimum absolute atomic E-state index is 0.707. The number of rotatable bonds is 1. The van der Waals surface area contributed by atoms with Crippen molar-refractivity contribution in [2.75, 3.05) is 20.1 Å². The Morgan fingerprint density at radius 1 is 1.36 bits per heavy atom. The standard InChI is InChI=1S/C9H18N2/c1-10-8-7-9(8)3-2-5-11-6-4-9/h8,10-11H,2-7H2,1H3. The quantitative estimate of drug-likeness (QED) is 0.582. The van der Waals surface area contributed by atoms with Crippen LogP contribution in [0.3, 0.4) is 0 Å². The molecule has 2 nitrogen and oxygen atoms in total. The van der Waals surface area contributed by atoms with E-state index in [1.54, 1.807) is 0 Å². The topological polar surface area (TPSA) is 24.1 Å². The summed E-state index contributed by atoms with van der Waals surface area (Å²) in [5, 5.41) is 6.86. The second-order valence-electron chi connectivity index (χ2n) is 4.01. The highest BCUT2D eigenvalue weighted by molar-refractivity contribution is 5.07. The molecule has 1 heterocycles. The number of hydrogen-bond acceptors (Lipinski definition) is 2. The molecule has 1 aliphatic heterocycles. The molecule has 2 atom stereocenters. The van der Waals surface area contributed by atoms with Gasteiger partial charge in [-0.25, -0.2) is 0 Å². The van der Waals surface area contributed by atoms with Gasteiger partial charge in [-0.2, -0.15) is 0 Å². The van der Waals surface area contributed by atoms with Crippen LogP contribution in [0, 0.1) is 5.41 Å². The average Bonchev–Trinajstić information content (AvgIpc) is 2.76. The molecule has 0 aromatic carbocycles. The predicted molar refractivity (Wildman–Crippen MR) is 46.6 cm³/mol. The Morgan fingerprint density at radius 2 is 2.27 bits per heavy atom. The van der Waals surface area contributed by atoms with Gasteiger partial charge >= 0.3 is 0 Å². The Bertz CT molecular complexity index is 136. The molecule has 2 fully saturated rings. The first kappa shape index (κ1) is 7.56. The molecule has 11 heavy (non-hydrogen) atoms. The lowest BCUT2D eigenvalue weighted by atomic mass is 9.96. The van der Waals surface area contributed by atoms with Gasteiger partial charge in [-0.1, -0.05) is 0 Å². The molecule has 1 saturated heterocycles. The van der Waals surface area contributed by atoms with Crippen molar-refractivity contribution in [3.8, 4) is 0 Å². The molecule has 0 bridgehead atoms. The van der Waals surface area contributed by atoms with Gasteiger partial charge < -0.3 is 10.6 Å². The van der Waals surface area contributed by atoms with Crippen LogP contribution in [-0.4, -0.2) is 26.2 Å². The van der Waals surface area contributed by atoms with Crippen molar-refractivity contribution in [1.29, 1.82) is 0 Å². The van der Waals surface area contributed by atoms with Gasteiger partial charge in [0.15, 0.2) is 0 Å². The molecule has 0 aromatic heterocycles. The van der Waals surface area contributed by atoms with E-state index in [1.165, 1.54) is 38.8 Å². The second-order valence-corrected chi connectivity index (χ2v) is 4.01. The van der Waals surface area contributed by atoms with E-state index in [2.05, 4.69) is 17.7 Å². The van der Waals surface area contributed by atoms with Crippen molar-refractivity contribution in [3.63, 3.8) is 0 Å². The Kier molecular flexibility index (Phi) is 1.90. The molecule has 2 N–H and O–H groups in total. The lowest BCUT2D eigenvalue weighted by Gasteiger charge is -2.12. The largest absolute Gasteiger partial charge is 0.317 e. The summed E-state index contributed by atoms with van der Waals surface area (Å²) in [7, 11) is 2.09. The Balaban J connectivity index is 1.92. The SMILES string of the molecule is CNC1CC12CCCNCC2. The van der Waals surface area contributed by atoms with Crippen molar-refractivity contribution in [2.24, 2.45) is 5.41 Å². The smallest absolute Gasteiger partial charge is 0.0127 e. The van der Waals surface area contributed by atoms with E-state index >= 15 is 0 Å². The molecule has 1 aliphatic carbocycles. The third-order valence-electron chi connectivity index (χ3n) is 3.37. The van der Waals surface area contributed by atoms with Crippen LogP contribution in [0.5, 0.6) is 0 Å². The summed E-state index contributed by atoms with van der Waals surface area (Å²) >= 11 is 0. The molecule has 1 spiro atoms. The highest BCUT2D eigenvalue weighted by atomic mass is 15.0. The summed E-state index contributed by atoms with van der Waals surface area (Å²) in [5.41, 5.74) is 0.707. The molecular formula is C9H18N2. The van der Waals surface area contributed by atoms with Gasteiger partial charge in [-0.3, -0.25) is 0 Å². The fourth-order valence-electron chi connectivity index (χ4n) is 2.46. The zero-order chi connectivity index (χ0) is 7.73. The number of hydrogen-bond donors (Lipinski definition) is 2. The molecule has 1 saturated carbocycles. The van der Waals surface area contributed by atoms with Gasteiger partial charge in [0.05, 0.1) is 0 Å². The van der Waals surface area contributed by atoms with Gasteiger partial charge in [0.2, 0.25) is 0 Å². The molecule has 2 rings (SSSR count). The molecule has 0 amide bonds. The van der Waals surface area contributed by atoms with Gasteiger partial charge in [0, 0.05) is 6.04 Å². The van der Waals surface area contributed by atoms with Gasteiger partial charge in [0.25, 0.3) is 0 Å². The average molecular weight is 154 g/mol. The first-order valence-electron chi connectivity index (χ1n) is 4.75. The van der Waals surface area contributed by atoms with E-state index in [1.807, 2.05) is 0 Å². The molecule has 2 unspecified atom stereocenters. The van der Waals surface area contributed by atoms with Crippen molar-refractivity contribution in [3.05, 3.63) is 0 Å². The summed E-state index contributed by atoms with van der Waals surface area (Å²) in [6.07, 6.45) is 5.62. The van der Waals surface area contributed by atoms with E-state index in [-0.39, 0.29) is 0 Å². The van der Waals surface area contributed by atoms with E-state index in [0.717, 1.165) is 6.04 Å². The van der Waals surface area contributed by atoms with E-state index in [4.69, 9.17) is 0 Å². The van der Waals surface area contributed by atoms with Gasteiger partial charge in [-0.05, 0) is 51.2 Å². The lowest BCUT2D eigenvalue weighted by Crippen LogP contribution is -2.20. The van der Waals surface area contributed by atoms with E-state index < -0.39 is 0 Å². The van der Waals surface area contributed by atoms with Crippen LogP contribution < -0.4 is 10.6 Å². The minimum atomic E-state index is 0.707. The van der Waals surface area contributed by atoms with Crippen LogP contribution in [0.4, 0.5) is 0 Å². The molecule has 2 aliphatic rings. The summed E-state index contributed by atoms with van der Waals surface area (Å²) in [6.45, 7) is 2.47. The van der Waals surface area contributed by atoms with E-state index in [0.29, 0.717) is 5.41 Å². The number of nitrogens with one attached hydrogen (secondary N) is 2. The zero-order valence-electron chi connectivity index (χ0n) is 7.32. The zero-order valence-corrected chi connectivity index (χ0v) is 7.32. The molecule has 64 valence electrons. The maximum atomic E-state index is 3.46. The van der Waals surface area contributed by atoms with Crippen molar-refractivity contribution < 1.29 is 0 Å². The Labute approximate surface area is 68.7 Å². The predicted octanol–water partition coefficient (Wildman–Crippen LogP) is 0.738. The first-order valence-corrected chi connectivity index (χ1v) is 4.75. The lowest BCUT2D eigenvalue weighted by molar-refractivity contribution is 0.417. The van der Waals surface area contributed by atoms with Crippen LogP contribution in [-0.2, 0) is 0 Å². The van der Waals surface area contributed by atoms with Gasteiger partial charge in [-0.15, -0.1) is 0 Å². The summed E-state index contributed by atoms with van der Waals surface area (Å²) in [6, 6.07) is 0.836. The third-order valence-corrected chi connectivity index (χ3v) is 3.37. The van der Waals surface area contributed by atoms with E-state index in [9.17, 15) is 0 Å². The molecular weight excluding hydrogens is 136 g/mol. The maximum absolute atomic E-state index is 3.46. The second kappa shape index (κ2) is 2.76. The van der Waals surface area contributed by atoms with Crippen molar-refractivity contribution >= 4 is 0 Å². The first-order chi connectivity index (χ1) is 5.37. The third kappa shape index (κ3) is 1.30. The summed E-state index contributed by atoms with van der Waals surface area (Å²) in [5.74, 6) is 0. The molecule has 2 heteroatoms. The summed E-state index contributed by atoms with van der Waals surface area (Å²) in [4.78, 5) is 0. The monoisotopic (exact) mass is 154 g/mol. The van der Waals surface area contributed by atoms with Gasteiger partial charge in [0.1, 0.15) is 0 Å². The van der Waals surface area contributed by atoms with Crippen LogP contribution in [0.15, 0.2) is 0 Å². The highest BCUT2D eigenvalue weighted by Gasteiger charge is 2.52. The fourth-order valence-corrected chi connectivity index (χ4v) is 2.46.